The molecule has 1 aromatic carbocycles. The SMILES string of the molecule is Cc1cccc(NC(=O)CCN2CCSC2=O)c1C(=O)O. The number of nitrogens with one attached hydrogen (secondary N) is 1. The molecule has 6 nitrogen and oxygen atoms in total. The lowest BCUT2D eigenvalue weighted by atomic mass is 10.1. The van der Waals surface area contributed by atoms with Crippen LogP contribution in [0.15, 0.2) is 18.2 Å². The van der Waals surface area contributed by atoms with Crippen molar-refractivity contribution in [2.24, 2.45) is 0 Å². The van der Waals surface area contributed by atoms with E-state index in [4.69, 9.17) is 0 Å². The highest BCUT2D eigenvalue weighted by Gasteiger charge is 2.22. The van der Waals surface area contributed by atoms with E-state index in [2.05, 4.69) is 5.32 Å². The van der Waals surface area contributed by atoms with Crippen molar-refractivity contribution in [2.75, 3.05) is 24.2 Å². The summed E-state index contributed by atoms with van der Waals surface area (Å²) < 4.78 is 0. The van der Waals surface area contributed by atoms with Crippen LogP contribution in [0.1, 0.15) is 22.3 Å². The number of hydrogen-bond donors (Lipinski definition) is 2. The molecule has 0 radical (unpaired) electrons. The smallest absolute Gasteiger partial charge is 0.338 e. The summed E-state index contributed by atoms with van der Waals surface area (Å²) in [4.78, 5) is 36.2. The van der Waals surface area contributed by atoms with Gasteiger partial charge >= 0.3 is 5.97 Å². The minimum absolute atomic E-state index is 0.00965. The van der Waals surface area contributed by atoms with Crippen molar-refractivity contribution in [1.29, 1.82) is 0 Å². The standard InChI is InChI=1S/C14H16N2O4S/c1-9-3-2-4-10(12(9)13(18)19)15-11(17)5-6-16-7-8-21-14(16)20/h2-4H,5-8H2,1H3,(H,15,17)(H,18,19). The Balaban J connectivity index is 1.98. The number of aromatic carboxylic acids is 1. The van der Waals surface area contributed by atoms with Gasteiger partial charge in [-0.2, -0.15) is 0 Å². The molecule has 2 amide bonds. The summed E-state index contributed by atoms with van der Waals surface area (Å²) >= 11 is 1.25. The number of aryl methyl sites for hydroxylation is 1. The largest absolute Gasteiger partial charge is 0.478 e. The van der Waals surface area contributed by atoms with E-state index in [0.717, 1.165) is 5.75 Å². The molecule has 1 heterocycles. The van der Waals surface area contributed by atoms with Gasteiger partial charge in [0.15, 0.2) is 0 Å². The van der Waals surface area contributed by atoms with Crippen molar-refractivity contribution in [3.63, 3.8) is 0 Å². The molecule has 2 rings (SSSR count). The molecule has 2 N–H and O–H groups in total. The van der Waals surface area contributed by atoms with Gasteiger partial charge in [0.2, 0.25) is 5.91 Å². The van der Waals surface area contributed by atoms with E-state index < -0.39 is 5.97 Å². The number of carbonyl (C=O) groups excluding carboxylic acids is 2. The maximum atomic E-state index is 11.9. The lowest BCUT2D eigenvalue weighted by Gasteiger charge is -2.15. The number of amides is 2. The second-order valence-electron chi connectivity index (χ2n) is 4.70. The van der Waals surface area contributed by atoms with E-state index in [1.807, 2.05) is 0 Å². The highest BCUT2D eigenvalue weighted by atomic mass is 32.2. The second kappa shape index (κ2) is 6.62. The molecule has 21 heavy (non-hydrogen) atoms. The first kappa shape index (κ1) is 15.4. The Hall–Kier alpha value is -2.02. The topological polar surface area (TPSA) is 86.7 Å². The number of carboxylic acids is 1. The zero-order valence-corrected chi connectivity index (χ0v) is 12.4. The molecule has 0 spiro atoms. The Morgan fingerprint density at radius 3 is 2.81 bits per heavy atom. The molecule has 7 heteroatoms. The Morgan fingerprint density at radius 1 is 1.43 bits per heavy atom. The van der Waals surface area contributed by atoms with Gasteiger partial charge in [0.05, 0.1) is 11.3 Å². The summed E-state index contributed by atoms with van der Waals surface area (Å²) in [5.74, 6) is -0.621. The molecule has 0 atom stereocenters. The van der Waals surface area contributed by atoms with Crippen LogP contribution < -0.4 is 5.32 Å². The van der Waals surface area contributed by atoms with Gasteiger partial charge in [0.25, 0.3) is 5.24 Å². The third-order valence-corrected chi connectivity index (χ3v) is 4.11. The lowest BCUT2D eigenvalue weighted by Crippen LogP contribution is -2.28. The Morgan fingerprint density at radius 2 is 2.19 bits per heavy atom. The van der Waals surface area contributed by atoms with Crippen molar-refractivity contribution in [3.8, 4) is 0 Å². The summed E-state index contributed by atoms with van der Waals surface area (Å²) in [6.45, 7) is 2.69. The van der Waals surface area contributed by atoms with E-state index >= 15 is 0 Å². The molecular formula is C14H16N2O4S. The quantitative estimate of drug-likeness (QED) is 0.870. The summed E-state index contributed by atoms with van der Waals surface area (Å²) in [6.07, 6.45) is 0.152. The fraction of sp³-hybridized carbons (Fsp3) is 0.357. The van der Waals surface area contributed by atoms with E-state index in [-0.39, 0.29) is 28.8 Å². The van der Waals surface area contributed by atoms with Gasteiger partial charge in [-0.25, -0.2) is 4.79 Å². The van der Waals surface area contributed by atoms with Crippen molar-refractivity contribution in [3.05, 3.63) is 29.3 Å². The molecule has 1 saturated heterocycles. The Kier molecular flexibility index (Phi) is 4.85. The van der Waals surface area contributed by atoms with E-state index in [9.17, 15) is 19.5 Å². The van der Waals surface area contributed by atoms with Gasteiger partial charge in [-0.05, 0) is 18.6 Å². The number of thioether (sulfide) groups is 1. The molecule has 0 aliphatic carbocycles. The lowest BCUT2D eigenvalue weighted by molar-refractivity contribution is -0.116. The van der Waals surface area contributed by atoms with Crippen molar-refractivity contribution in [1.82, 2.24) is 4.90 Å². The first-order valence-electron chi connectivity index (χ1n) is 6.53. The predicted molar refractivity (Wildman–Crippen MR) is 80.8 cm³/mol. The third-order valence-electron chi connectivity index (χ3n) is 3.21. The summed E-state index contributed by atoms with van der Waals surface area (Å²) in [5.41, 5.74) is 0.972. The number of carbonyl (C=O) groups is 3. The van der Waals surface area contributed by atoms with Crippen LogP contribution in [0.2, 0.25) is 0 Å². The van der Waals surface area contributed by atoms with Crippen LogP contribution >= 0.6 is 11.8 Å². The number of rotatable bonds is 5. The van der Waals surface area contributed by atoms with Gasteiger partial charge in [-0.15, -0.1) is 0 Å². The molecule has 1 fully saturated rings. The number of hydrogen-bond acceptors (Lipinski definition) is 4. The number of benzene rings is 1. The van der Waals surface area contributed by atoms with Crippen LogP contribution in [0, 0.1) is 6.92 Å². The molecule has 1 aliphatic rings. The third kappa shape index (κ3) is 3.75. The average molecular weight is 308 g/mol. The normalized spacial score (nSPS) is 14.3. The van der Waals surface area contributed by atoms with Crippen LogP contribution in [0.5, 0.6) is 0 Å². The van der Waals surface area contributed by atoms with Crippen molar-refractivity contribution >= 4 is 34.6 Å². The molecule has 1 aliphatic heterocycles. The monoisotopic (exact) mass is 308 g/mol. The maximum Gasteiger partial charge on any atom is 0.338 e. The summed E-state index contributed by atoms with van der Waals surface area (Å²) in [5, 5.41) is 11.8. The molecule has 0 saturated carbocycles. The van der Waals surface area contributed by atoms with Crippen LogP contribution in [-0.4, -0.2) is 46.0 Å². The van der Waals surface area contributed by atoms with Gasteiger partial charge in [-0.3, -0.25) is 9.59 Å². The molecule has 0 unspecified atom stereocenters. The highest BCUT2D eigenvalue weighted by Crippen LogP contribution is 2.20. The van der Waals surface area contributed by atoms with Crippen LogP contribution in [0.25, 0.3) is 0 Å². The number of anilines is 1. The van der Waals surface area contributed by atoms with E-state index in [1.54, 1.807) is 30.0 Å². The second-order valence-corrected chi connectivity index (χ2v) is 5.75. The van der Waals surface area contributed by atoms with Gasteiger partial charge < -0.3 is 15.3 Å². The van der Waals surface area contributed by atoms with Crippen molar-refractivity contribution in [2.45, 2.75) is 13.3 Å². The summed E-state index contributed by atoms with van der Waals surface area (Å²) in [6, 6.07) is 4.93. The average Bonchev–Trinajstić information content (AvgIpc) is 2.81. The van der Waals surface area contributed by atoms with Gasteiger partial charge in [0.1, 0.15) is 0 Å². The molecule has 0 bridgehead atoms. The predicted octanol–water partition coefficient (Wildman–Crippen LogP) is 2.19. The minimum atomic E-state index is -1.07. The molecule has 1 aromatic rings. The maximum absolute atomic E-state index is 11.9. The zero-order valence-electron chi connectivity index (χ0n) is 11.6. The van der Waals surface area contributed by atoms with Crippen LogP contribution in [0.4, 0.5) is 10.5 Å². The van der Waals surface area contributed by atoms with Crippen molar-refractivity contribution < 1.29 is 19.5 Å². The first-order valence-corrected chi connectivity index (χ1v) is 7.52. The highest BCUT2D eigenvalue weighted by molar-refractivity contribution is 8.13. The number of nitrogens with zero attached hydrogens (tertiary/aromatic N) is 1. The van der Waals surface area contributed by atoms with Crippen LogP contribution in [-0.2, 0) is 4.79 Å². The van der Waals surface area contributed by atoms with Crippen LogP contribution in [0.3, 0.4) is 0 Å². The Bertz CT molecular complexity index is 588. The molecule has 0 aromatic heterocycles. The van der Waals surface area contributed by atoms with Gasteiger partial charge in [0, 0.05) is 25.3 Å². The number of carboxylic acid groups (broad SMARTS) is 1. The van der Waals surface area contributed by atoms with E-state index in [1.165, 1.54) is 11.8 Å². The fourth-order valence-corrected chi connectivity index (χ4v) is 2.99. The summed E-state index contributed by atoms with van der Waals surface area (Å²) in [7, 11) is 0. The first-order chi connectivity index (χ1) is 9.99. The van der Waals surface area contributed by atoms with E-state index in [0.29, 0.717) is 18.7 Å². The van der Waals surface area contributed by atoms with Gasteiger partial charge in [-0.1, -0.05) is 23.9 Å². The molecular weight excluding hydrogens is 292 g/mol. The zero-order chi connectivity index (χ0) is 15.4. The molecule has 112 valence electrons. The Labute approximate surface area is 126 Å². The minimum Gasteiger partial charge on any atom is -0.478 e. The fourth-order valence-electron chi connectivity index (χ4n) is 2.13.